The fourth-order valence-corrected chi connectivity index (χ4v) is 2.64. The standard InChI is InChI=1S/C14H21N3O2/c1-10-8-12(11(2)17-16-10)13(19)15-14(9-18)6-4-3-5-7-14/h8,18H,3-7,9H2,1-2H3,(H,15,19). The van der Waals surface area contributed by atoms with Gasteiger partial charge in [0.15, 0.2) is 0 Å². The third-order valence-corrected chi connectivity index (χ3v) is 3.84. The predicted octanol–water partition coefficient (Wildman–Crippen LogP) is 1.52. The second-order valence-electron chi connectivity index (χ2n) is 5.44. The van der Waals surface area contributed by atoms with Gasteiger partial charge in [0, 0.05) is 0 Å². The first-order valence-electron chi connectivity index (χ1n) is 6.81. The van der Waals surface area contributed by atoms with Crippen molar-refractivity contribution in [2.24, 2.45) is 0 Å². The lowest BCUT2D eigenvalue weighted by Gasteiger charge is -2.36. The van der Waals surface area contributed by atoms with Crippen LogP contribution >= 0.6 is 0 Å². The third kappa shape index (κ3) is 3.10. The normalized spacial score (nSPS) is 18.1. The maximum absolute atomic E-state index is 12.4. The van der Waals surface area contributed by atoms with Crippen molar-refractivity contribution in [1.82, 2.24) is 15.5 Å². The van der Waals surface area contributed by atoms with Crippen LogP contribution in [-0.4, -0.2) is 33.4 Å². The van der Waals surface area contributed by atoms with Gasteiger partial charge in [0.25, 0.3) is 5.91 Å². The van der Waals surface area contributed by atoms with Crippen LogP contribution in [0.4, 0.5) is 0 Å². The van der Waals surface area contributed by atoms with Crippen molar-refractivity contribution in [3.8, 4) is 0 Å². The van der Waals surface area contributed by atoms with Crippen molar-refractivity contribution >= 4 is 5.91 Å². The van der Waals surface area contributed by atoms with Crippen molar-refractivity contribution in [3.63, 3.8) is 0 Å². The molecule has 0 bridgehead atoms. The molecule has 0 saturated heterocycles. The second kappa shape index (κ2) is 5.65. The average molecular weight is 263 g/mol. The molecular formula is C14H21N3O2. The van der Waals surface area contributed by atoms with E-state index >= 15 is 0 Å². The summed E-state index contributed by atoms with van der Waals surface area (Å²) in [6.07, 6.45) is 4.95. The highest BCUT2D eigenvalue weighted by molar-refractivity contribution is 5.95. The Labute approximate surface area is 113 Å². The number of hydrogen-bond donors (Lipinski definition) is 2. The number of aryl methyl sites for hydroxylation is 2. The van der Waals surface area contributed by atoms with Crippen LogP contribution in [0.25, 0.3) is 0 Å². The highest BCUT2D eigenvalue weighted by atomic mass is 16.3. The molecule has 0 aliphatic heterocycles. The molecule has 1 saturated carbocycles. The van der Waals surface area contributed by atoms with Gasteiger partial charge in [0.1, 0.15) is 0 Å². The number of aliphatic hydroxyl groups excluding tert-OH is 1. The fraction of sp³-hybridized carbons (Fsp3) is 0.643. The quantitative estimate of drug-likeness (QED) is 0.867. The van der Waals surface area contributed by atoms with Gasteiger partial charge in [-0.25, -0.2) is 0 Å². The molecule has 0 radical (unpaired) electrons. The number of nitrogens with one attached hydrogen (secondary N) is 1. The number of hydrogen-bond acceptors (Lipinski definition) is 4. The highest BCUT2D eigenvalue weighted by Crippen LogP contribution is 2.28. The van der Waals surface area contributed by atoms with Crippen molar-refractivity contribution in [3.05, 3.63) is 23.0 Å². The maximum Gasteiger partial charge on any atom is 0.253 e. The Morgan fingerprint density at radius 3 is 2.63 bits per heavy atom. The molecule has 0 atom stereocenters. The van der Waals surface area contributed by atoms with Crippen LogP contribution in [0.1, 0.15) is 53.8 Å². The molecule has 0 aromatic carbocycles. The second-order valence-corrected chi connectivity index (χ2v) is 5.44. The lowest BCUT2D eigenvalue weighted by molar-refractivity contribution is 0.0757. The van der Waals surface area contributed by atoms with Gasteiger partial charge in [-0.15, -0.1) is 0 Å². The van der Waals surface area contributed by atoms with Crippen LogP contribution in [0, 0.1) is 13.8 Å². The molecule has 2 N–H and O–H groups in total. The summed E-state index contributed by atoms with van der Waals surface area (Å²) in [4.78, 5) is 12.4. The topological polar surface area (TPSA) is 75.1 Å². The van der Waals surface area contributed by atoms with E-state index in [1.54, 1.807) is 13.0 Å². The molecule has 1 heterocycles. The van der Waals surface area contributed by atoms with Crippen LogP contribution in [0.5, 0.6) is 0 Å². The fourth-order valence-electron chi connectivity index (χ4n) is 2.64. The van der Waals surface area contributed by atoms with Gasteiger partial charge in [0.2, 0.25) is 0 Å². The summed E-state index contributed by atoms with van der Waals surface area (Å²) in [6, 6.07) is 1.74. The van der Waals surface area contributed by atoms with Gasteiger partial charge >= 0.3 is 0 Å². The van der Waals surface area contributed by atoms with E-state index in [-0.39, 0.29) is 12.5 Å². The summed E-state index contributed by atoms with van der Waals surface area (Å²) < 4.78 is 0. The van der Waals surface area contributed by atoms with E-state index in [1.165, 1.54) is 6.42 Å². The molecule has 1 aromatic heterocycles. The third-order valence-electron chi connectivity index (χ3n) is 3.84. The number of amides is 1. The van der Waals surface area contributed by atoms with Crippen molar-refractivity contribution in [2.75, 3.05) is 6.61 Å². The zero-order valence-corrected chi connectivity index (χ0v) is 11.6. The van der Waals surface area contributed by atoms with E-state index in [1.807, 2.05) is 6.92 Å². The molecule has 5 nitrogen and oxygen atoms in total. The SMILES string of the molecule is Cc1cc(C(=O)NC2(CO)CCCCC2)c(C)nn1. The minimum absolute atomic E-state index is 0.00468. The summed E-state index contributed by atoms with van der Waals surface area (Å²) in [5.41, 5.74) is 1.43. The van der Waals surface area contributed by atoms with Crippen LogP contribution in [0.3, 0.4) is 0 Å². The van der Waals surface area contributed by atoms with Gasteiger partial charge in [-0.2, -0.15) is 10.2 Å². The molecule has 1 aromatic rings. The van der Waals surface area contributed by atoms with Crippen LogP contribution < -0.4 is 5.32 Å². The summed E-state index contributed by atoms with van der Waals surface area (Å²) in [5, 5.41) is 20.5. The van der Waals surface area contributed by atoms with Crippen LogP contribution in [-0.2, 0) is 0 Å². The van der Waals surface area contributed by atoms with Gasteiger partial charge in [-0.05, 0) is 32.8 Å². The van der Waals surface area contributed by atoms with Gasteiger partial charge in [-0.1, -0.05) is 19.3 Å². The predicted molar refractivity (Wildman–Crippen MR) is 71.9 cm³/mol. The van der Waals surface area contributed by atoms with Crippen molar-refractivity contribution in [2.45, 2.75) is 51.5 Å². The average Bonchev–Trinajstić information content (AvgIpc) is 2.42. The Bertz CT molecular complexity index is 468. The Balaban J connectivity index is 2.17. The maximum atomic E-state index is 12.4. The largest absolute Gasteiger partial charge is 0.394 e. The molecular weight excluding hydrogens is 242 g/mol. The van der Waals surface area contributed by atoms with Crippen molar-refractivity contribution in [1.29, 1.82) is 0 Å². The number of nitrogens with zero attached hydrogens (tertiary/aromatic N) is 2. The Kier molecular flexibility index (Phi) is 4.14. The molecule has 0 unspecified atom stereocenters. The van der Waals surface area contributed by atoms with Crippen LogP contribution in [0.2, 0.25) is 0 Å². The first-order valence-corrected chi connectivity index (χ1v) is 6.81. The van der Waals surface area contributed by atoms with Gasteiger partial charge in [-0.3, -0.25) is 4.79 Å². The zero-order chi connectivity index (χ0) is 13.9. The molecule has 1 aliphatic rings. The minimum atomic E-state index is -0.459. The van der Waals surface area contributed by atoms with E-state index in [2.05, 4.69) is 15.5 Å². The minimum Gasteiger partial charge on any atom is -0.394 e. The number of aromatic nitrogens is 2. The number of carbonyl (C=O) groups is 1. The van der Waals surface area contributed by atoms with E-state index in [4.69, 9.17) is 0 Å². The molecule has 5 heteroatoms. The van der Waals surface area contributed by atoms with E-state index in [0.29, 0.717) is 11.3 Å². The Morgan fingerprint density at radius 2 is 2.00 bits per heavy atom. The lowest BCUT2D eigenvalue weighted by atomic mass is 9.82. The Morgan fingerprint density at radius 1 is 1.32 bits per heavy atom. The van der Waals surface area contributed by atoms with Crippen molar-refractivity contribution < 1.29 is 9.90 Å². The monoisotopic (exact) mass is 263 g/mol. The molecule has 1 aliphatic carbocycles. The van der Waals surface area contributed by atoms with Gasteiger partial charge < -0.3 is 10.4 Å². The Hall–Kier alpha value is -1.49. The van der Waals surface area contributed by atoms with E-state index < -0.39 is 5.54 Å². The summed E-state index contributed by atoms with van der Waals surface area (Å²) in [7, 11) is 0. The molecule has 19 heavy (non-hydrogen) atoms. The number of rotatable bonds is 3. The summed E-state index contributed by atoms with van der Waals surface area (Å²) in [5.74, 6) is -0.161. The van der Waals surface area contributed by atoms with Crippen LogP contribution in [0.15, 0.2) is 6.07 Å². The first-order chi connectivity index (χ1) is 9.06. The smallest absolute Gasteiger partial charge is 0.253 e. The number of carbonyl (C=O) groups excluding carboxylic acids is 1. The first kappa shape index (κ1) is 13.9. The van der Waals surface area contributed by atoms with E-state index in [0.717, 1.165) is 31.4 Å². The molecule has 2 rings (SSSR count). The molecule has 1 fully saturated rings. The highest BCUT2D eigenvalue weighted by Gasteiger charge is 2.33. The van der Waals surface area contributed by atoms with E-state index in [9.17, 15) is 9.90 Å². The molecule has 1 amide bonds. The number of aliphatic hydroxyl groups is 1. The molecule has 0 spiro atoms. The zero-order valence-electron chi connectivity index (χ0n) is 11.6. The summed E-state index contributed by atoms with van der Waals surface area (Å²) in [6.45, 7) is 3.58. The van der Waals surface area contributed by atoms with Gasteiger partial charge in [0.05, 0.1) is 29.1 Å². The lowest BCUT2D eigenvalue weighted by Crippen LogP contribution is -2.52. The molecule has 104 valence electrons. The summed E-state index contributed by atoms with van der Waals surface area (Å²) >= 11 is 0.